The van der Waals surface area contributed by atoms with Crippen molar-refractivity contribution in [2.45, 2.75) is 25.4 Å². The topological polar surface area (TPSA) is 124 Å². The molecule has 1 aromatic heterocycles. The zero-order chi connectivity index (χ0) is 22.1. The van der Waals surface area contributed by atoms with E-state index in [1.165, 1.54) is 11.8 Å². The Labute approximate surface area is 187 Å². The molecular formula is C22H20N6O3S. The fraction of sp³-hybridized carbons (Fsp3) is 0.273. The molecule has 9 nitrogen and oxygen atoms in total. The number of benzene rings is 2. The summed E-state index contributed by atoms with van der Waals surface area (Å²) in [4.78, 5) is 29.9. The lowest BCUT2D eigenvalue weighted by Crippen LogP contribution is -2.39. The van der Waals surface area contributed by atoms with Crippen molar-refractivity contribution in [3.05, 3.63) is 54.1 Å². The molecule has 2 N–H and O–H groups in total. The van der Waals surface area contributed by atoms with Crippen LogP contribution in [0.15, 0.2) is 53.5 Å². The molecule has 0 radical (unpaired) electrons. The fourth-order valence-electron chi connectivity index (χ4n) is 3.65. The highest BCUT2D eigenvalue weighted by molar-refractivity contribution is 8.14. The normalized spacial score (nSPS) is 19.4. The Morgan fingerprint density at radius 1 is 1.12 bits per heavy atom. The summed E-state index contributed by atoms with van der Waals surface area (Å²) in [5.74, 6) is -0.150. The molecule has 1 saturated carbocycles. The number of nitrogens with one attached hydrogen (secondary N) is 1. The molecule has 0 spiro atoms. The average molecular weight is 449 g/mol. The molecule has 0 bridgehead atoms. The van der Waals surface area contributed by atoms with Crippen molar-refractivity contribution >= 4 is 28.8 Å². The van der Waals surface area contributed by atoms with Crippen molar-refractivity contribution < 1.29 is 14.7 Å². The van der Waals surface area contributed by atoms with Gasteiger partial charge < -0.3 is 10.0 Å². The van der Waals surface area contributed by atoms with Gasteiger partial charge in [-0.15, -0.1) is 10.2 Å². The van der Waals surface area contributed by atoms with Crippen LogP contribution in [0.4, 0.5) is 0 Å². The summed E-state index contributed by atoms with van der Waals surface area (Å²) < 4.78 is 0. The first-order chi connectivity index (χ1) is 15.6. The first kappa shape index (κ1) is 20.4. The third-order valence-corrected chi connectivity index (χ3v) is 6.61. The van der Waals surface area contributed by atoms with Crippen LogP contribution in [-0.4, -0.2) is 59.5 Å². The van der Waals surface area contributed by atoms with E-state index in [2.05, 4.69) is 25.6 Å². The van der Waals surface area contributed by atoms with E-state index in [4.69, 9.17) is 0 Å². The van der Waals surface area contributed by atoms with E-state index in [1.807, 2.05) is 48.5 Å². The number of carbonyl (C=O) groups is 2. The molecule has 10 heteroatoms. The van der Waals surface area contributed by atoms with Crippen molar-refractivity contribution in [1.29, 1.82) is 0 Å². The Morgan fingerprint density at radius 2 is 1.88 bits per heavy atom. The average Bonchev–Trinajstić information content (AvgIpc) is 3.38. The zero-order valence-electron chi connectivity index (χ0n) is 17.0. The van der Waals surface area contributed by atoms with Crippen molar-refractivity contribution in [3.63, 3.8) is 0 Å². The highest BCUT2D eigenvalue weighted by atomic mass is 32.2. The number of aromatic nitrogens is 4. The van der Waals surface area contributed by atoms with E-state index in [9.17, 15) is 14.7 Å². The number of aliphatic carboxylic acids is 1. The molecule has 5 rings (SSSR count). The molecule has 162 valence electrons. The van der Waals surface area contributed by atoms with Crippen LogP contribution in [0.5, 0.6) is 0 Å². The quantitative estimate of drug-likeness (QED) is 0.590. The second kappa shape index (κ2) is 8.54. The number of amidine groups is 1. The van der Waals surface area contributed by atoms with Gasteiger partial charge in [-0.25, -0.2) is 4.79 Å². The number of hydrogen-bond acceptors (Lipinski definition) is 6. The predicted octanol–water partition coefficient (Wildman–Crippen LogP) is 2.83. The van der Waals surface area contributed by atoms with Crippen molar-refractivity contribution in [2.75, 3.05) is 5.75 Å². The molecule has 1 unspecified atom stereocenters. The highest BCUT2D eigenvalue weighted by Crippen LogP contribution is 2.33. The molecule has 1 atom stereocenters. The number of aliphatic imine (C=N–C) groups is 1. The number of thioether (sulfide) groups is 1. The molecule has 2 fully saturated rings. The Bertz CT molecular complexity index is 1170. The third kappa shape index (κ3) is 4.13. The third-order valence-electron chi connectivity index (χ3n) is 5.54. The van der Waals surface area contributed by atoms with E-state index in [0.29, 0.717) is 23.3 Å². The van der Waals surface area contributed by atoms with Gasteiger partial charge in [0, 0.05) is 23.8 Å². The standard InChI is InChI=1S/C22H20N6O3S/c29-20(15-9-10-15)23-22-28(18(12-32-22)21(30)31)11-13-5-7-14(8-6-13)16-3-1-2-4-17(16)19-24-26-27-25-19/h1-8,15,18H,9-12H2,(H,30,31)(H,24,25,26,27). The van der Waals surface area contributed by atoms with Crippen LogP contribution in [0, 0.1) is 5.92 Å². The first-order valence-corrected chi connectivity index (χ1v) is 11.3. The summed E-state index contributed by atoms with van der Waals surface area (Å²) in [5, 5.41) is 24.4. The van der Waals surface area contributed by atoms with Crippen LogP contribution >= 0.6 is 11.8 Å². The van der Waals surface area contributed by atoms with Gasteiger partial charge in [0.05, 0.1) is 0 Å². The van der Waals surface area contributed by atoms with Gasteiger partial charge in [-0.2, -0.15) is 10.2 Å². The largest absolute Gasteiger partial charge is 0.480 e. The van der Waals surface area contributed by atoms with Gasteiger partial charge >= 0.3 is 5.97 Å². The van der Waals surface area contributed by atoms with Gasteiger partial charge in [0.15, 0.2) is 5.17 Å². The minimum absolute atomic E-state index is 0.00684. The monoisotopic (exact) mass is 448 g/mol. The predicted molar refractivity (Wildman–Crippen MR) is 120 cm³/mol. The number of carboxylic acid groups (broad SMARTS) is 1. The molecule has 1 aliphatic heterocycles. The van der Waals surface area contributed by atoms with E-state index < -0.39 is 12.0 Å². The molecular weight excluding hydrogens is 428 g/mol. The summed E-state index contributed by atoms with van der Waals surface area (Å²) in [6.45, 7) is 0.369. The van der Waals surface area contributed by atoms with Crippen molar-refractivity contribution in [2.24, 2.45) is 10.9 Å². The molecule has 1 saturated heterocycles. The van der Waals surface area contributed by atoms with Crippen LogP contribution in [-0.2, 0) is 16.1 Å². The van der Waals surface area contributed by atoms with Crippen LogP contribution in [0.3, 0.4) is 0 Å². The second-order valence-corrected chi connectivity index (χ2v) is 8.76. The first-order valence-electron chi connectivity index (χ1n) is 10.3. The van der Waals surface area contributed by atoms with Crippen LogP contribution in [0.1, 0.15) is 18.4 Å². The minimum Gasteiger partial charge on any atom is -0.480 e. The summed E-state index contributed by atoms with van der Waals surface area (Å²) in [6, 6.07) is 15.0. The molecule has 1 aliphatic carbocycles. The van der Waals surface area contributed by atoms with Gasteiger partial charge in [-0.1, -0.05) is 60.3 Å². The number of nitrogens with zero attached hydrogens (tertiary/aromatic N) is 5. The van der Waals surface area contributed by atoms with E-state index in [-0.39, 0.29) is 11.8 Å². The molecule has 32 heavy (non-hydrogen) atoms. The number of amides is 1. The van der Waals surface area contributed by atoms with Gasteiger partial charge in [-0.3, -0.25) is 4.79 Å². The van der Waals surface area contributed by atoms with Gasteiger partial charge in [0.25, 0.3) is 5.91 Å². The number of carboxylic acids is 1. The number of rotatable bonds is 6. The zero-order valence-corrected chi connectivity index (χ0v) is 17.8. The van der Waals surface area contributed by atoms with Crippen molar-refractivity contribution in [1.82, 2.24) is 25.5 Å². The second-order valence-electron chi connectivity index (χ2n) is 7.78. The van der Waals surface area contributed by atoms with E-state index in [0.717, 1.165) is 35.1 Å². The molecule has 2 heterocycles. The Morgan fingerprint density at radius 3 is 2.53 bits per heavy atom. The van der Waals surface area contributed by atoms with Crippen LogP contribution < -0.4 is 0 Å². The van der Waals surface area contributed by atoms with Gasteiger partial charge in [0.1, 0.15) is 6.04 Å². The lowest BCUT2D eigenvalue weighted by molar-refractivity contribution is -0.141. The molecule has 1 amide bonds. The Balaban J connectivity index is 1.39. The van der Waals surface area contributed by atoms with E-state index in [1.54, 1.807) is 4.90 Å². The SMILES string of the molecule is O=C(N=C1SCC(C(=O)O)N1Cc1ccc(-c2ccccc2-c2nn[nH]n2)cc1)C1CC1. The summed E-state index contributed by atoms with van der Waals surface area (Å²) >= 11 is 1.33. The summed E-state index contributed by atoms with van der Waals surface area (Å²) in [7, 11) is 0. The van der Waals surface area contributed by atoms with Gasteiger partial charge in [0.2, 0.25) is 5.82 Å². The Hall–Kier alpha value is -3.53. The number of carbonyl (C=O) groups excluding carboxylic acids is 1. The summed E-state index contributed by atoms with van der Waals surface area (Å²) in [6.07, 6.45) is 1.74. The summed E-state index contributed by atoms with van der Waals surface area (Å²) in [5.41, 5.74) is 3.76. The van der Waals surface area contributed by atoms with Gasteiger partial charge in [-0.05, 0) is 34.7 Å². The van der Waals surface area contributed by atoms with Crippen LogP contribution in [0.2, 0.25) is 0 Å². The lowest BCUT2D eigenvalue weighted by atomic mass is 9.98. The number of hydrogen-bond donors (Lipinski definition) is 2. The lowest BCUT2D eigenvalue weighted by Gasteiger charge is -2.23. The van der Waals surface area contributed by atoms with E-state index >= 15 is 0 Å². The van der Waals surface area contributed by atoms with Crippen LogP contribution in [0.25, 0.3) is 22.5 Å². The number of aromatic amines is 1. The maximum Gasteiger partial charge on any atom is 0.327 e. The fourth-order valence-corrected chi connectivity index (χ4v) is 4.79. The highest BCUT2D eigenvalue weighted by Gasteiger charge is 2.37. The maximum atomic E-state index is 12.2. The molecule has 2 aliphatic rings. The minimum atomic E-state index is -0.910. The number of tetrazole rings is 1. The number of H-pyrrole nitrogens is 1. The molecule has 2 aromatic carbocycles. The Kier molecular flexibility index (Phi) is 5.44. The maximum absolute atomic E-state index is 12.2. The smallest absolute Gasteiger partial charge is 0.327 e. The van der Waals surface area contributed by atoms with Crippen molar-refractivity contribution in [3.8, 4) is 22.5 Å². The molecule has 3 aromatic rings.